The fraction of sp³-hybridized carbons (Fsp3) is 0.143. The Kier molecular flexibility index (Phi) is 4.83. The molecule has 2 aromatic heterocycles. The van der Waals surface area contributed by atoms with Crippen LogP contribution in [0.2, 0.25) is 0 Å². The molecular weight excluding hydrogens is 416 g/mol. The third-order valence-electron chi connectivity index (χ3n) is 5.13. The molecule has 4 aromatic rings. The fourth-order valence-corrected chi connectivity index (χ4v) is 4.50. The summed E-state index contributed by atoms with van der Waals surface area (Å²) in [5.74, 6) is 0.124. The summed E-state index contributed by atoms with van der Waals surface area (Å²) in [7, 11) is 0. The second kappa shape index (κ2) is 7.80. The number of non-ortho nitro benzene ring substituents is 1. The van der Waals surface area contributed by atoms with Crippen molar-refractivity contribution in [2.24, 2.45) is 0 Å². The van der Waals surface area contributed by atoms with E-state index in [1.165, 1.54) is 24.2 Å². The van der Waals surface area contributed by atoms with E-state index < -0.39 is 4.92 Å². The van der Waals surface area contributed by atoms with Gasteiger partial charge in [0, 0.05) is 24.4 Å². The number of rotatable bonds is 5. The van der Waals surface area contributed by atoms with Gasteiger partial charge in [-0.1, -0.05) is 30.0 Å². The molecule has 1 amide bonds. The Hall–Kier alpha value is -3.79. The predicted molar refractivity (Wildman–Crippen MR) is 117 cm³/mol. The quantitative estimate of drug-likeness (QED) is 0.206. The number of hydrogen-bond acceptors (Lipinski definition) is 7. The lowest BCUT2D eigenvalue weighted by Crippen LogP contribution is -2.30. The lowest BCUT2D eigenvalue weighted by molar-refractivity contribution is -0.384. The van der Waals surface area contributed by atoms with Crippen LogP contribution in [-0.2, 0) is 11.2 Å². The van der Waals surface area contributed by atoms with Gasteiger partial charge in [0.2, 0.25) is 5.91 Å². The third-order valence-corrected chi connectivity index (χ3v) is 6.12. The van der Waals surface area contributed by atoms with Crippen LogP contribution in [0.4, 0.5) is 11.4 Å². The number of nitro benzene ring substituents is 1. The van der Waals surface area contributed by atoms with Gasteiger partial charge in [0.05, 0.1) is 27.9 Å². The first-order valence-electron chi connectivity index (χ1n) is 9.56. The molecule has 0 spiro atoms. The molecule has 0 bridgehead atoms. The topological polar surface area (TPSA) is 107 Å². The second-order valence-electron chi connectivity index (χ2n) is 6.96. The van der Waals surface area contributed by atoms with Crippen molar-refractivity contribution in [3.8, 4) is 5.69 Å². The molecule has 9 nitrogen and oxygen atoms in total. The Morgan fingerprint density at radius 1 is 1.16 bits per heavy atom. The Labute approximate surface area is 180 Å². The average molecular weight is 432 g/mol. The highest BCUT2D eigenvalue weighted by molar-refractivity contribution is 8.00. The van der Waals surface area contributed by atoms with Gasteiger partial charge >= 0.3 is 0 Å². The highest BCUT2D eigenvalue weighted by atomic mass is 32.2. The number of nitrogens with zero attached hydrogens (tertiary/aromatic N) is 6. The highest BCUT2D eigenvalue weighted by Gasteiger charge is 2.26. The Morgan fingerprint density at radius 2 is 2.00 bits per heavy atom. The zero-order chi connectivity index (χ0) is 21.4. The van der Waals surface area contributed by atoms with Crippen molar-refractivity contribution in [3.05, 3.63) is 76.7 Å². The molecule has 1 aliphatic heterocycles. The van der Waals surface area contributed by atoms with Crippen LogP contribution in [0.1, 0.15) is 5.56 Å². The van der Waals surface area contributed by atoms with E-state index in [0.29, 0.717) is 23.6 Å². The predicted octanol–water partition coefficient (Wildman–Crippen LogP) is 3.41. The minimum absolute atomic E-state index is 0.0428. The molecule has 0 aliphatic carbocycles. The largest absolute Gasteiger partial charge is 0.311 e. The Bertz CT molecular complexity index is 1310. The number of amides is 1. The zero-order valence-electron chi connectivity index (χ0n) is 16.2. The number of aromatic nitrogens is 4. The maximum atomic E-state index is 12.9. The fourth-order valence-electron chi connectivity index (χ4n) is 3.66. The van der Waals surface area contributed by atoms with Gasteiger partial charge in [-0.2, -0.15) is 5.10 Å². The molecule has 1 aliphatic rings. The summed E-state index contributed by atoms with van der Waals surface area (Å²) < 4.78 is 1.74. The lowest BCUT2D eigenvalue weighted by Gasteiger charge is -2.16. The molecule has 0 unspecified atom stereocenters. The summed E-state index contributed by atoms with van der Waals surface area (Å²) in [4.78, 5) is 33.8. The van der Waals surface area contributed by atoms with Crippen LogP contribution in [0.5, 0.6) is 0 Å². The van der Waals surface area contributed by atoms with E-state index in [4.69, 9.17) is 0 Å². The number of nitro groups is 1. The first kappa shape index (κ1) is 19.2. The van der Waals surface area contributed by atoms with Crippen LogP contribution in [0, 0.1) is 10.1 Å². The lowest BCUT2D eigenvalue weighted by atomic mass is 10.1. The summed E-state index contributed by atoms with van der Waals surface area (Å²) >= 11 is 1.33. The number of anilines is 1. The molecule has 31 heavy (non-hydrogen) atoms. The number of para-hydroxylation sites is 1. The van der Waals surface area contributed by atoms with Crippen LogP contribution < -0.4 is 4.90 Å². The van der Waals surface area contributed by atoms with E-state index in [1.54, 1.807) is 27.9 Å². The molecule has 5 rings (SSSR count). The minimum atomic E-state index is -0.420. The monoisotopic (exact) mass is 432 g/mol. The molecule has 0 saturated carbocycles. The molecule has 0 saturated heterocycles. The zero-order valence-corrected chi connectivity index (χ0v) is 17.0. The van der Waals surface area contributed by atoms with E-state index in [1.807, 2.05) is 30.3 Å². The van der Waals surface area contributed by atoms with Crippen LogP contribution in [-0.4, -0.2) is 42.9 Å². The van der Waals surface area contributed by atoms with E-state index >= 15 is 0 Å². The number of thioether (sulfide) groups is 1. The first-order chi connectivity index (χ1) is 15.1. The maximum Gasteiger partial charge on any atom is 0.269 e. The summed E-state index contributed by atoms with van der Waals surface area (Å²) in [5, 5.41) is 16.9. The summed E-state index contributed by atoms with van der Waals surface area (Å²) in [6, 6.07) is 14.3. The van der Waals surface area contributed by atoms with Gasteiger partial charge in [0.25, 0.3) is 5.69 Å². The molecule has 0 fully saturated rings. The van der Waals surface area contributed by atoms with Crippen molar-refractivity contribution >= 4 is 40.1 Å². The third kappa shape index (κ3) is 3.50. The van der Waals surface area contributed by atoms with Crippen molar-refractivity contribution in [2.45, 2.75) is 11.4 Å². The van der Waals surface area contributed by atoms with Crippen LogP contribution in [0.25, 0.3) is 16.7 Å². The number of hydrogen-bond donors (Lipinski definition) is 0. The van der Waals surface area contributed by atoms with E-state index in [2.05, 4.69) is 15.1 Å². The van der Waals surface area contributed by atoms with Gasteiger partial charge in [0.1, 0.15) is 11.4 Å². The van der Waals surface area contributed by atoms with Crippen molar-refractivity contribution in [1.29, 1.82) is 0 Å². The number of carbonyl (C=O) groups excluding carboxylic acids is 1. The van der Waals surface area contributed by atoms with Crippen LogP contribution in [0.15, 0.2) is 66.1 Å². The molecule has 3 heterocycles. The van der Waals surface area contributed by atoms with Gasteiger partial charge in [-0.3, -0.25) is 14.9 Å². The van der Waals surface area contributed by atoms with Crippen molar-refractivity contribution in [3.63, 3.8) is 0 Å². The summed E-state index contributed by atoms with van der Waals surface area (Å²) in [6.07, 6.45) is 3.79. The van der Waals surface area contributed by atoms with Gasteiger partial charge in [-0.25, -0.2) is 14.6 Å². The SMILES string of the molecule is O=C(CSc1ncnc2c1cnn2-c1ccccc1)N1CCc2cc([N+](=O)[O-])ccc21. The molecule has 0 N–H and O–H groups in total. The second-order valence-corrected chi connectivity index (χ2v) is 7.93. The number of benzene rings is 2. The maximum absolute atomic E-state index is 12.9. The summed E-state index contributed by atoms with van der Waals surface area (Å²) in [5.41, 5.74) is 3.17. The smallest absolute Gasteiger partial charge is 0.269 e. The standard InChI is InChI=1S/C21H16N6O3S/c28-19(25-9-8-14-10-16(27(29)30)6-7-18(14)25)12-31-21-17-11-24-26(20(17)22-13-23-21)15-4-2-1-3-5-15/h1-7,10-11,13H,8-9,12H2. The molecule has 0 radical (unpaired) electrons. The highest BCUT2D eigenvalue weighted by Crippen LogP contribution is 2.32. The van der Waals surface area contributed by atoms with Crippen molar-refractivity contribution in [2.75, 3.05) is 17.2 Å². The molecular formula is C21H16N6O3S. The number of carbonyl (C=O) groups is 1. The molecule has 154 valence electrons. The minimum Gasteiger partial charge on any atom is -0.311 e. The van der Waals surface area contributed by atoms with E-state index in [0.717, 1.165) is 22.3 Å². The Morgan fingerprint density at radius 3 is 2.81 bits per heavy atom. The van der Waals surface area contributed by atoms with Crippen molar-refractivity contribution < 1.29 is 9.72 Å². The van der Waals surface area contributed by atoms with Crippen LogP contribution in [0.3, 0.4) is 0 Å². The average Bonchev–Trinajstić information content (AvgIpc) is 3.42. The van der Waals surface area contributed by atoms with Gasteiger partial charge in [0.15, 0.2) is 5.65 Å². The van der Waals surface area contributed by atoms with Gasteiger partial charge in [-0.15, -0.1) is 0 Å². The van der Waals surface area contributed by atoms with Crippen LogP contribution >= 0.6 is 11.8 Å². The van der Waals surface area contributed by atoms with E-state index in [-0.39, 0.29) is 17.3 Å². The summed E-state index contributed by atoms with van der Waals surface area (Å²) in [6.45, 7) is 0.515. The van der Waals surface area contributed by atoms with Crippen molar-refractivity contribution in [1.82, 2.24) is 19.7 Å². The van der Waals surface area contributed by atoms with E-state index in [9.17, 15) is 14.9 Å². The van der Waals surface area contributed by atoms with Gasteiger partial charge < -0.3 is 4.90 Å². The Balaban J connectivity index is 1.35. The molecule has 2 aromatic carbocycles. The molecule has 0 atom stereocenters. The number of fused-ring (bicyclic) bond motifs is 2. The normalized spacial score (nSPS) is 12.8. The van der Waals surface area contributed by atoms with Gasteiger partial charge in [-0.05, 0) is 30.2 Å². The first-order valence-corrected chi connectivity index (χ1v) is 10.5. The molecule has 10 heteroatoms.